The first-order chi connectivity index (χ1) is 12.1. The largest absolute Gasteiger partial charge is 0.352 e. The van der Waals surface area contributed by atoms with Gasteiger partial charge in [0, 0.05) is 25.1 Å². The van der Waals surface area contributed by atoms with Gasteiger partial charge in [-0.3, -0.25) is 4.79 Å². The first-order valence-electron chi connectivity index (χ1n) is 9.53. The topological polar surface area (TPSA) is 46.9 Å². The van der Waals surface area contributed by atoms with Gasteiger partial charge in [0.05, 0.1) is 11.0 Å². The second-order valence-electron chi connectivity index (χ2n) is 7.25. The molecule has 1 fully saturated rings. The van der Waals surface area contributed by atoms with E-state index in [1.165, 1.54) is 44.0 Å². The first-order valence-corrected chi connectivity index (χ1v) is 9.53. The van der Waals surface area contributed by atoms with E-state index in [4.69, 9.17) is 4.98 Å². The zero-order chi connectivity index (χ0) is 17.6. The van der Waals surface area contributed by atoms with Crippen LogP contribution in [0.1, 0.15) is 51.3 Å². The van der Waals surface area contributed by atoms with Crippen LogP contribution in [0.4, 0.5) is 0 Å². The average Bonchev–Trinajstić information content (AvgIpc) is 2.98. The fourth-order valence-electron chi connectivity index (χ4n) is 3.79. The van der Waals surface area contributed by atoms with Crippen LogP contribution in [0.2, 0.25) is 0 Å². The minimum atomic E-state index is -0.0788. The van der Waals surface area contributed by atoms with E-state index in [0.717, 1.165) is 30.2 Å². The van der Waals surface area contributed by atoms with Crippen molar-refractivity contribution in [3.8, 4) is 0 Å². The number of nitrogens with one attached hydrogen (secondary N) is 1. The molecule has 4 nitrogen and oxygen atoms in total. The Morgan fingerprint density at radius 2 is 2.04 bits per heavy atom. The molecule has 4 heteroatoms. The molecule has 134 valence electrons. The molecule has 1 heterocycles. The molecule has 1 saturated carbocycles. The maximum absolute atomic E-state index is 11.7. The summed E-state index contributed by atoms with van der Waals surface area (Å²) in [5, 5.41) is 2.92. The van der Waals surface area contributed by atoms with E-state index in [1.807, 2.05) is 6.07 Å². The van der Waals surface area contributed by atoms with E-state index in [9.17, 15) is 4.79 Å². The lowest BCUT2D eigenvalue weighted by Gasteiger charge is -2.22. The second kappa shape index (κ2) is 8.32. The molecule has 1 aliphatic carbocycles. The van der Waals surface area contributed by atoms with Crippen LogP contribution in [0.3, 0.4) is 0 Å². The number of aromatic nitrogens is 2. The second-order valence-corrected chi connectivity index (χ2v) is 7.25. The Bertz CT molecular complexity index is 741. The molecule has 0 aliphatic heterocycles. The van der Waals surface area contributed by atoms with Gasteiger partial charge in [-0.15, -0.1) is 0 Å². The average molecular weight is 339 g/mol. The molecule has 1 aromatic carbocycles. The number of hydrogen-bond donors (Lipinski definition) is 1. The zero-order valence-corrected chi connectivity index (χ0v) is 15.3. The number of nitrogens with zero attached hydrogens (tertiary/aromatic N) is 2. The summed E-state index contributed by atoms with van der Waals surface area (Å²) in [4.78, 5) is 16.5. The summed E-state index contributed by atoms with van der Waals surface area (Å²) in [7, 11) is 0. The molecule has 0 spiro atoms. The SMILES string of the molecule is C=C(C)C(=O)NCCc1nc2ccccc2n1CCC1CCCCC1. The Morgan fingerprint density at radius 3 is 2.80 bits per heavy atom. The lowest BCUT2D eigenvalue weighted by Crippen LogP contribution is -2.26. The lowest BCUT2D eigenvalue weighted by molar-refractivity contribution is -0.117. The zero-order valence-electron chi connectivity index (χ0n) is 15.3. The number of hydrogen-bond acceptors (Lipinski definition) is 2. The number of rotatable bonds is 7. The van der Waals surface area contributed by atoms with E-state index in [1.54, 1.807) is 6.92 Å². The van der Waals surface area contributed by atoms with Crippen molar-refractivity contribution in [2.24, 2.45) is 5.92 Å². The van der Waals surface area contributed by atoms with Gasteiger partial charge in [-0.05, 0) is 31.4 Å². The van der Waals surface area contributed by atoms with Crippen LogP contribution in [0.5, 0.6) is 0 Å². The Kier molecular flexibility index (Phi) is 5.90. The molecule has 1 N–H and O–H groups in total. The van der Waals surface area contributed by atoms with Crippen molar-refractivity contribution in [3.05, 3.63) is 42.2 Å². The number of carbonyl (C=O) groups is 1. The highest BCUT2D eigenvalue weighted by atomic mass is 16.1. The molecule has 0 atom stereocenters. The maximum atomic E-state index is 11.7. The van der Waals surface area contributed by atoms with E-state index in [-0.39, 0.29) is 5.91 Å². The molecule has 3 rings (SSSR count). The third-order valence-electron chi connectivity index (χ3n) is 5.24. The van der Waals surface area contributed by atoms with Gasteiger partial charge in [0.1, 0.15) is 5.82 Å². The van der Waals surface area contributed by atoms with Gasteiger partial charge in [-0.25, -0.2) is 4.98 Å². The van der Waals surface area contributed by atoms with E-state index in [0.29, 0.717) is 12.1 Å². The van der Waals surface area contributed by atoms with Crippen LogP contribution < -0.4 is 5.32 Å². The van der Waals surface area contributed by atoms with Crippen LogP contribution in [0.15, 0.2) is 36.4 Å². The van der Waals surface area contributed by atoms with Crippen molar-refractivity contribution in [2.45, 2.75) is 58.4 Å². The molecular weight excluding hydrogens is 310 g/mol. The number of fused-ring (bicyclic) bond motifs is 1. The van der Waals surface area contributed by atoms with Gasteiger partial charge in [-0.2, -0.15) is 0 Å². The van der Waals surface area contributed by atoms with Crippen molar-refractivity contribution in [1.82, 2.24) is 14.9 Å². The van der Waals surface area contributed by atoms with Crippen LogP contribution in [-0.2, 0) is 17.8 Å². The van der Waals surface area contributed by atoms with Crippen LogP contribution >= 0.6 is 0 Å². The summed E-state index contributed by atoms with van der Waals surface area (Å²) >= 11 is 0. The number of para-hydroxylation sites is 2. The molecule has 0 radical (unpaired) electrons. The van der Waals surface area contributed by atoms with Gasteiger partial charge in [0.15, 0.2) is 0 Å². The van der Waals surface area contributed by atoms with E-state index in [2.05, 4.69) is 34.7 Å². The summed E-state index contributed by atoms with van der Waals surface area (Å²) in [6.45, 7) is 7.03. The first kappa shape index (κ1) is 17.7. The molecule has 25 heavy (non-hydrogen) atoms. The number of carbonyl (C=O) groups excluding carboxylic acids is 1. The van der Waals surface area contributed by atoms with E-state index >= 15 is 0 Å². The lowest BCUT2D eigenvalue weighted by atomic mass is 9.87. The molecule has 0 unspecified atom stereocenters. The van der Waals surface area contributed by atoms with Gasteiger partial charge in [0.2, 0.25) is 5.91 Å². The Balaban J connectivity index is 1.70. The fourth-order valence-corrected chi connectivity index (χ4v) is 3.79. The highest BCUT2D eigenvalue weighted by Gasteiger charge is 2.16. The monoisotopic (exact) mass is 339 g/mol. The molecular formula is C21H29N3O. The highest BCUT2D eigenvalue weighted by molar-refractivity contribution is 5.92. The number of benzene rings is 1. The van der Waals surface area contributed by atoms with Crippen LogP contribution in [0.25, 0.3) is 11.0 Å². The van der Waals surface area contributed by atoms with Crippen LogP contribution in [-0.4, -0.2) is 22.0 Å². The Labute approximate surface area is 150 Å². The predicted octanol–water partition coefficient (Wildman–Crippen LogP) is 4.24. The maximum Gasteiger partial charge on any atom is 0.246 e. The summed E-state index contributed by atoms with van der Waals surface area (Å²) in [5.41, 5.74) is 2.80. The van der Waals surface area contributed by atoms with Crippen LogP contribution in [0, 0.1) is 5.92 Å². The number of amides is 1. The van der Waals surface area contributed by atoms with Gasteiger partial charge in [-0.1, -0.05) is 50.8 Å². The minimum absolute atomic E-state index is 0.0788. The normalized spacial score (nSPS) is 15.4. The molecule has 2 aromatic rings. The smallest absolute Gasteiger partial charge is 0.246 e. The third kappa shape index (κ3) is 4.50. The molecule has 0 saturated heterocycles. The fraction of sp³-hybridized carbons (Fsp3) is 0.524. The van der Waals surface area contributed by atoms with Crippen molar-refractivity contribution in [2.75, 3.05) is 6.54 Å². The minimum Gasteiger partial charge on any atom is -0.352 e. The van der Waals surface area contributed by atoms with E-state index < -0.39 is 0 Å². The predicted molar refractivity (Wildman–Crippen MR) is 102 cm³/mol. The van der Waals surface area contributed by atoms with Gasteiger partial charge >= 0.3 is 0 Å². The molecule has 0 bridgehead atoms. The number of aryl methyl sites for hydroxylation is 1. The summed E-state index contributed by atoms with van der Waals surface area (Å²) < 4.78 is 2.36. The quantitative estimate of drug-likeness (QED) is 0.767. The highest BCUT2D eigenvalue weighted by Crippen LogP contribution is 2.27. The van der Waals surface area contributed by atoms with Gasteiger partial charge < -0.3 is 9.88 Å². The molecule has 1 aliphatic rings. The third-order valence-corrected chi connectivity index (χ3v) is 5.24. The summed E-state index contributed by atoms with van der Waals surface area (Å²) in [5.74, 6) is 1.84. The summed E-state index contributed by atoms with van der Waals surface area (Å²) in [6, 6.07) is 8.34. The van der Waals surface area contributed by atoms with Crippen molar-refractivity contribution in [3.63, 3.8) is 0 Å². The van der Waals surface area contributed by atoms with Crippen molar-refractivity contribution >= 4 is 16.9 Å². The van der Waals surface area contributed by atoms with Crippen molar-refractivity contribution in [1.29, 1.82) is 0 Å². The van der Waals surface area contributed by atoms with Crippen molar-refractivity contribution < 1.29 is 4.79 Å². The Hall–Kier alpha value is -2.10. The van der Waals surface area contributed by atoms with Gasteiger partial charge in [0.25, 0.3) is 0 Å². The number of imidazole rings is 1. The Morgan fingerprint density at radius 1 is 1.28 bits per heavy atom. The summed E-state index contributed by atoms with van der Waals surface area (Å²) in [6.07, 6.45) is 8.89. The standard InChI is InChI=1S/C21H29N3O/c1-16(2)21(25)22-14-12-20-23-18-10-6-7-11-19(18)24(20)15-13-17-8-4-3-5-9-17/h6-7,10-11,17H,1,3-5,8-9,12-15H2,2H3,(H,22,25). The molecule has 1 amide bonds. The molecule has 1 aromatic heterocycles.